The van der Waals surface area contributed by atoms with Gasteiger partial charge in [0.25, 0.3) is 0 Å². The second-order valence-electron chi connectivity index (χ2n) is 8.47. The number of nitrogens with zero attached hydrogens (tertiary/aromatic N) is 3. The lowest BCUT2D eigenvalue weighted by Gasteiger charge is -2.26. The number of carbonyl (C=O) groups excluding carboxylic acids is 1. The molecular weight excluding hydrogens is 514 g/mol. The van der Waals surface area contributed by atoms with Gasteiger partial charge in [0.05, 0.1) is 41.3 Å². The summed E-state index contributed by atoms with van der Waals surface area (Å²) >= 11 is 1.57. The standard InChI is InChI=1S/C26H33N3O6S2/c1-3-33-15-5-12-29-24-11-10-22(37(31,32)28-13-16-34-17-14-28)18-23(24)27-26(29)36-19-20-6-8-21(9-7-20)25(30)35-4-2/h6-11,18H,3-5,12-17,19H2,1-2H3. The zero-order chi connectivity index (χ0) is 26.3. The summed E-state index contributed by atoms with van der Waals surface area (Å²) in [6, 6.07) is 12.5. The molecule has 0 bridgehead atoms. The van der Waals surface area contributed by atoms with Gasteiger partial charge in [0.15, 0.2) is 5.16 Å². The smallest absolute Gasteiger partial charge is 0.338 e. The number of carbonyl (C=O) groups is 1. The predicted octanol–water partition coefficient (Wildman–Crippen LogP) is 3.95. The third-order valence-electron chi connectivity index (χ3n) is 6.00. The molecule has 0 saturated carbocycles. The molecule has 3 aromatic rings. The van der Waals surface area contributed by atoms with Crippen LogP contribution in [0.15, 0.2) is 52.5 Å². The summed E-state index contributed by atoms with van der Waals surface area (Å²) in [7, 11) is -3.61. The van der Waals surface area contributed by atoms with Crippen LogP contribution in [0.3, 0.4) is 0 Å². The zero-order valence-electron chi connectivity index (χ0n) is 21.2. The van der Waals surface area contributed by atoms with E-state index in [0.29, 0.717) is 69.5 Å². The molecule has 1 fully saturated rings. The van der Waals surface area contributed by atoms with Gasteiger partial charge in [-0.25, -0.2) is 18.2 Å². The third kappa shape index (κ3) is 6.71. The van der Waals surface area contributed by atoms with E-state index in [2.05, 4.69) is 4.57 Å². The molecule has 0 aliphatic carbocycles. The number of rotatable bonds is 12. The van der Waals surface area contributed by atoms with E-state index in [9.17, 15) is 13.2 Å². The lowest BCUT2D eigenvalue weighted by atomic mass is 10.1. The second-order valence-corrected chi connectivity index (χ2v) is 11.3. The first-order valence-corrected chi connectivity index (χ1v) is 14.9. The Bertz CT molecular complexity index is 1300. The quantitative estimate of drug-likeness (QED) is 0.191. The third-order valence-corrected chi connectivity index (χ3v) is 8.94. The number of hydrogen-bond donors (Lipinski definition) is 0. The van der Waals surface area contributed by atoms with E-state index in [1.54, 1.807) is 43.0 Å². The first-order chi connectivity index (χ1) is 17.9. The SMILES string of the molecule is CCOCCCn1c(SCc2ccc(C(=O)OCC)cc2)nc2cc(S(=O)(=O)N3CCOCC3)ccc21. The van der Waals surface area contributed by atoms with Crippen molar-refractivity contribution in [3.8, 4) is 0 Å². The Morgan fingerprint density at radius 3 is 2.54 bits per heavy atom. The Hall–Kier alpha value is -2.44. The minimum Gasteiger partial charge on any atom is -0.462 e. The first kappa shape index (κ1) is 27.6. The number of thioether (sulfide) groups is 1. The van der Waals surface area contributed by atoms with Crippen LogP contribution in [0.5, 0.6) is 0 Å². The van der Waals surface area contributed by atoms with Gasteiger partial charge in [0.1, 0.15) is 0 Å². The van der Waals surface area contributed by atoms with Crippen molar-refractivity contribution in [1.29, 1.82) is 0 Å². The molecule has 9 nitrogen and oxygen atoms in total. The molecule has 1 saturated heterocycles. The minimum absolute atomic E-state index is 0.243. The molecule has 200 valence electrons. The summed E-state index contributed by atoms with van der Waals surface area (Å²) in [5, 5.41) is 0.807. The van der Waals surface area contributed by atoms with Gasteiger partial charge < -0.3 is 18.8 Å². The maximum absolute atomic E-state index is 13.2. The van der Waals surface area contributed by atoms with Crippen LogP contribution >= 0.6 is 11.8 Å². The van der Waals surface area contributed by atoms with E-state index >= 15 is 0 Å². The molecule has 0 spiro atoms. The number of morpholine rings is 1. The van der Waals surface area contributed by atoms with Gasteiger partial charge in [-0.1, -0.05) is 23.9 Å². The molecule has 0 N–H and O–H groups in total. The van der Waals surface area contributed by atoms with Gasteiger partial charge in [0.2, 0.25) is 10.0 Å². The van der Waals surface area contributed by atoms with Gasteiger partial charge in [-0.05, 0) is 56.2 Å². The van der Waals surface area contributed by atoms with Crippen molar-refractivity contribution in [3.05, 3.63) is 53.6 Å². The Labute approximate surface area is 222 Å². The van der Waals surface area contributed by atoms with Crippen LogP contribution < -0.4 is 0 Å². The highest BCUT2D eigenvalue weighted by Crippen LogP contribution is 2.30. The lowest BCUT2D eigenvalue weighted by molar-refractivity contribution is 0.0526. The summed E-state index contributed by atoms with van der Waals surface area (Å²) in [6.45, 7) is 7.60. The fourth-order valence-corrected chi connectivity index (χ4v) is 6.50. The van der Waals surface area contributed by atoms with Crippen molar-refractivity contribution < 1.29 is 27.4 Å². The zero-order valence-corrected chi connectivity index (χ0v) is 22.9. The number of hydrogen-bond acceptors (Lipinski definition) is 8. The molecule has 0 atom stereocenters. The summed E-state index contributed by atoms with van der Waals surface area (Å²) in [5.41, 5.74) is 3.10. The van der Waals surface area contributed by atoms with Crippen LogP contribution in [0.2, 0.25) is 0 Å². The van der Waals surface area contributed by atoms with Crippen LogP contribution in [-0.4, -0.2) is 74.4 Å². The van der Waals surface area contributed by atoms with Crippen LogP contribution in [0.25, 0.3) is 11.0 Å². The Balaban J connectivity index is 1.57. The molecule has 1 aromatic heterocycles. The van der Waals surface area contributed by atoms with Crippen LogP contribution in [0.1, 0.15) is 36.2 Å². The molecule has 11 heteroatoms. The molecule has 37 heavy (non-hydrogen) atoms. The fourth-order valence-electron chi connectivity index (χ4n) is 4.08. The van der Waals surface area contributed by atoms with Crippen LogP contribution in [0.4, 0.5) is 0 Å². The molecule has 1 aliphatic rings. The number of esters is 1. The van der Waals surface area contributed by atoms with Gasteiger partial charge in [-0.3, -0.25) is 0 Å². The fraction of sp³-hybridized carbons (Fsp3) is 0.462. The summed E-state index contributed by atoms with van der Waals surface area (Å²) in [5.74, 6) is 0.317. The lowest BCUT2D eigenvalue weighted by Crippen LogP contribution is -2.40. The first-order valence-electron chi connectivity index (χ1n) is 12.5. The van der Waals surface area contributed by atoms with Crippen molar-refractivity contribution in [2.24, 2.45) is 0 Å². The largest absolute Gasteiger partial charge is 0.462 e. The van der Waals surface area contributed by atoms with E-state index < -0.39 is 10.0 Å². The van der Waals surface area contributed by atoms with Gasteiger partial charge >= 0.3 is 5.97 Å². The number of aryl methyl sites for hydroxylation is 1. The molecule has 4 rings (SSSR count). The van der Waals surface area contributed by atoms with Crippen molar-refractivity contribution in [1.82, 2.24) is 13.9 Å². The average molecular weight is 548 g/mol. The van der Waals surface area contributed by atoms with E-state index in [0.717, 1.165) is 22.7 Å². The molecule has 2 aromatic carbocycles. The van der Waals surface area contributed by atoms with Gasteiger partial charge in [-0.2, -0.15) is 4.31 Å². The Morgan fingerprint density at radius 1 is 1.08 bits per heavy atom. The molecular formula is C26H33N3O6S2. The van der Waals surface area contributed by atoms with Crippen molar-refractivity contribution in [2.45, 2.75) is 42.6 Å². The summed E-state index contributed by atoms with van der Waals surface area (Å²) < 4.78 is 45.8. The van der Waals surface area contributed by atoms with E-state index in [-0.39, 0.29) is 10.9 Å². The number of imidazole rings is 1. The number of aromatic nitrogens is 2. The predicted molar refractivity (Wildman–Crippen MR) is 142 cm³/mol. The molecule has 0 amide bonds. The molecule has 1 aliphatic heterocycles. The number of sulfonamides is 1. The topological polar surface area (TPSA) is 100.0 Å². The Kier molecular flexibility index (Phi) is 9.60. The average Bonchev–Trinajstić information content (AvgIpc) is 3.27. The van der Waals surface area contributed by atoms with Crippen molar-refractivity contribution >= 4 is 38.8 Å². The molecule has 0 unspecified atom stereocenters. The van der Waals surface area contributed by atoms with E-state index in [4.69, 9.17) is 19.2 Å². The number of ether oxygens (including phenoxy) is 3. The highest BCUT2D eigenvalue weighted by Gasteiger charge is 2.27. The second kappa shape index (κ2) is 12.9. The van der Waals surface area contributed by atoms with Crippen LogP contribution in [0, 0.1) is 0 Å². The summed E-state index contributed by atoms with van der Waals surface area (Å²) in [6.07, 6.45) is 0.814. The van der Waals surface area contributed by atoms with Gasteiger partial charge in [-0.15, -0.1) is 0 Å². The highest BCUT2D eigenvalue weighted by atomic mass is 32.2. The monoisotopic (exact) mass is 547 g/mol. The molecule has 0 radical (unpaired) electrons. The number of benzene rings is 2. The molecule has 2 heterocycles. The maximum atomic E-state index is 13.2. The number of fused-ring (bicyclic) bond motifs is 1. The van der Waals surface area contributed by atoms with Crippen molar-refractivity contribution in [2.75, 3.05) is 46.1 Å². The van der Waals surface area contributed by atoms with Gasteiger partial charge in [0, 0.05) is 38.6 Å². The maximum Gasteiger partial charge on any atom is 0.338 e. The van der Waals surface area contributed by atoms with E-state index in [1.165, 1.54) is 4.31 Å². The highest BCUT2D eigenvalue weighted by molar-refractivity contribution is 7.98. The normalized spacial score (nSPS) is 14.8. The van der Waals surface area contributed by atoms with Crippen molar-refractivity contribution in [3.63, 3.8) is 0 Å². The van der Waals surface area contributed by atoms with E-state index in [1.807, 2.05) is 25.1 Å². The summed E-state index contributed by atoms with van der Waals surface area (Å²) in [4.78, 5) is 17.0. The Morgan fingerprint density at radius 2 is 1.84 bits per heavy atom. The van der Waals surface area contributed by atoms with Crippen LogP contribution in [-0.2, 0) is 36.5 Å². The minimum atomic E-state index is -3.61.